The summed E-state index contributed by atoms with van der Waals surface area (Å²) < 4.78 is 5.15. The largest absolute Gasteiger partial charge is 0.427 e. The minimum atomic E-state index is -0.206. The van der Waals surface area contributed by atoms with Crippen LogP contribution in [0.3, 0.4) is 0 Å². The van der Waals surface area contributed by atoms with Crippen LogP contribution in [0.25, 0.3) is 0 Å². The Balaban J connectivity index is 2.09. The number of guanidine groups is 1. The first-order chi connectivity index (χ1) is 8.68. The third kappa shape index (κ3) is 6.52. The third-order valence-electron chi connectivity index (χ3n) is 2.31. The van der Waals surface area contributed by atoms with Crippen LogP contribution in [0.2, 0.25) is 0 Å². The summed E-state index contributed by atoms with van der Waals surface area (Å²) in [5, 5.41) is 0. The first-order valence-corrected chi connectivity index (χ1v) is 5.99. The lowest BCUT2D eigenvalue weighted by molar-refractivity contribution is -0.134. The van der Waals surface area contributed by atoms with Crippen molar-refractivity contribution in [2.45, 2.75) is 25.7 Å². The molecule has 0 bridgehead atoms. The predicted molar refractivity (Wildman–Crippen MR) is 71.2 cm³/mol. The van der Waals surface area contributed by atoms with E-state index in [1.54, 1.807) is 12.1 Å². The molecule has 1 aromatic rings. The average Bonchev–Trinajstić information content (AvgIpc) is 2.34. The molecule has 0 amide bonds. The molecule has 0 aliphatic rings. The molecule has 5 heteroatoms. The summed E-state index contributed by atoms with van der Waals surface area (Å²) in [7, 11) is 0. The number of esters is 1. The van der Waals surface area contributed by atoms with Gasteiger partial charge in [0.05, 0.1) is 0 Å². The van der Waals surface area contributed by atoms with Gasteiger partial charge in [0.1, 0.15) is 5.75 Å². The highest BCUT2D eigenvalue weighted by atomic mass is 16.5. The zero-order chi connectivity index (χ0) is 13.2. The Labute approximate surface area is 107 Å². The van der Waals surface area contributed by atoms with Gasteiger partial charge in [-0.25, -0.2) is 0 Å². The van der Waals surface area contributed by atoms with Crippen molar-refractivity contribution in [3.8, 4) is 5.75 Å². The van der Waals surface area contributed by atoms with Crippen LogP contribution in [0.4, 0.5) is 0 Å². The van der Waals surface area contributed by atoms with Crippen LogP contribution in [-0.2, 0) is 4.79 Å². The molecular formula is C13H19N3O2. The summed E-state index contributed by atoms with van der Waals surface area (Å²) in [6, 6.07) is 9.06. The summed E-state index contributed by atoms with van der Waals surface area (Å²) in [4.78, 5) is 15.3. The smallest absolute Gasteiger partial charge is 0.311 e. The molecule has 0 fully saturated rings. The van der Waals surface area contributed by atoms with Gasteiger partial charge >= 0.3 is 5.97 Å². The molecule has 18 heavy (non-hydrogen) atoms. The van der Waals surface area contributed by atoms with Crippen molar-refractivity contribution < 1.29 is 9.53 Å². The fraction of sp³-hybridized carbons (Fsp3) is 0.385. The molecule has 0 unspecified atom stereocenters. The maximum absolute atomic E-state index is 11.5. The molecule has 4 N–H and O–H groups in total. The number of hydrogen-bond donors (Lipinski definition) is 2. The SMILES string of the molecule is NC(N)=NCCCCCC(=O)Oc1ccccc1. The molecule has 98 valence electrons. The van der Waals surface area contributed by atoms with E-state index in [4.69, 9.17) is 16.2 Å². The summed E-state index contributed by atoms with van der Waals surface area (Å²) in [5.74, 6) is 0.490. The molecule has 0 aliphatic heterocycles. The normalized spacial score (nSPS) is 9.78. The second-order valence-corrected chi connectivity index (χ2v) is 3.90. The van der Waals surface area contributed by atoms with E-state index in [9.17, 15) is 4.79 Å². The van der Waals surface area contributed by atoms with E-state index < -0.39 is 0 Å². The number of benzene rings is 1. The van der Waals surface area contributed by atoms with Crippen molar-refractivity contribution in [3.63, 3.8) is 0 Å². The number of rotatable bonds is 7. The van der Waals surface area contributed by atoms with Gasteiger partial charge in [-0.05, 0) is 25.0 Å². The summed E-state index contributed by atoms with van der Waals surface area (Å²) in [6.45, 7) is 0.607. The molecule has 0 spiro atoms. The molecule has 0 heterocycles. The number of carbonyl (C=O) groups excluding carboxylic acids is 1. The monoisotopic (exact) mass is 249 g/mol. The topological polar surface area (TPSA) is 90.7 Å². The number of unbranched alkanes of at least 4 members (excludes halogenated alkanes) is 2. The van der Waals surface area contributed by atoms with E-state index in [0.29, 0.717) is 18.7 Å². The highest BCUT2D eigenvalue weighted by Gasteiger charge is 2.03. The molecule has 0 saturated carbocycles. The fourth-order valence-corrected chi connectivity index (χ4v) is 1.44. The van der Waals surface area contributed by atoms with Crippen LogP contribution >= 0.6 is 0 Å². The molecule has 0 aliphatic carbocycles. The van der Waals surface area contributed by atoms with Crippen LogP contribution < -0.4 is 16.2 Å². The Hall–Kier alpha value is -2.04. The first-order valence-electron chi connectivity index (χ1n) is 5.99. The lowest BCUT2D eigenvalue weighted by Crippen LogP contribution is -2.22. The van der Waals surface area contributed by atoms with Crippen LogP contribution in [0.5, 0.6) is 5.75 Å². The van der Waals surface area contributed by atoms with Gasteiger partial charge in [0, 0.05) is 13.0 Å². The highest BCUT2D eigenvalue weighted by Crippen LogP contribution is 2.10. The summed E-state index contributed by atoms with van der Waals surface area (Å²) in [6.07, 6.45) is 2.97. The molecule has 0 radical (unpaired) electrons. The van der Waals surface area contributed by atoms with Crippen molar-refractivity contribution in [1.29, 1.82) is 0 Å². The van der Waals surface area contributed by atoms with Crippen molar-refractivity contribution in [1.82, 2.24) is 0 Å². The molecule has 5 nitrogen and oxygen atoms in total. The van der Waals surface area contributed by atoms with E-state index in [2.05, 4.69) is 4.99 Å². The van der Waals surface area contributed by atoms with Crippen molar-refractivity contribution in [3.05, 3.63) is 30.3 Å². The highest BCUT2D eigenvalue weighted by molar-refractivity contribution is 5.75. The van der Waals surface area contributed by atoms with Gasteiger partial charge < -0.3 is 16.2 Å². The second kappa shape index (κ2) is 8.11. The Bertz CT molecular complexity index is 386. The van der Waals surface area contributed by atoms with Crippen LogP contribution in [0.1, 0.15) is 25.7 Å². The van der Waals surface area contributed by atoms with E-state index in [1.807, 2.05) is 18.2 Å². The number of nitrogens with zero attached hydrogens (tertiary/aromatic N) is 1. The molecule has 1 rings (SSSR count). The third-order valence-corrected chi connectivity index (χ3v) is 2.31. The van der Waals surface area contributed by atoms with Crippen LogP contribution in [0.15, 0.2) is 35.3 Å². The number of carbonyl (C=O) groups is 1. The Morgan fingerprint density at radius 2 is 1.83 bits per heavy atom. The number of hydrogen-bond acceptors (Lipinski definition) is 3. The molecule has 0 saturated heterocycles. The van der Waals surface area contributed by atoms with Crippen LogP contribution in [0, 0.1) is 0 Å². The lowest BCUT2D eigenvalue weighted by atomic mass is 10.2. The van der Waals surface area contributed by atoms with Crippen LogP contribution in [-0.4, -0.2) is 18.5 Å². The van der Waals surface area contributed by atoms with Gasteiger partial charge in [-0.2, -0.15) is 0 Å². The van der Waals surface area contributed by atoms with E-state index >= 15 is 0 Å². The Morgan fingerprint density at radius 1 is 1.11 bits per heavy atom. The van der Waals surface area contributed by atoms with E-state index in [-0.39, 0.29) is 11.9 Å². The number of para-hydroxylation sites is 1. The maximum Gasteiger partial charge on any atom is 0.311 e. The van der Waals surface area contributed by atoms with Gasteiger partial charge in [-0.1, -0.05) is 24.6 Å². The Morgan fingerprint density at radius 3 is 2.50 bits per heavy atom. The predicted octanol–water partition coefficient (Wildman–Crippen LogP) is 1.43. The number of aliphatic imine (C=N–C) groups is 1. The molecular weight excluding hydrogens is 230 g/mol. The summed E-state index contributed by atoms with van der Waals surface area (Å²) in [5.41, 5.74) is 10.4. The fourth-order valence-electron chi connectivity index (χ4n) is 1.44. The average molecular weight is 249 g/mol. The standard InChI is InChI=1S/C13H19N3O2/c14-13(15)16-10-6-2-5-9-12(17)18-11-7-3-1-4-8-11/h1,3-4,7-8H,2,5-6,9-10H2,(H4,14,15,16). The summed E-state index contributed by atoms with van der Waals surface area (Å²) >= 11 is 0. The zero-order valence-corrected chi connectivity index (χ0v) is 10.3. The van der Waals surface area contributed by atoms with Crippen molar-refractivity contribution in [2.24, 2.45) is 16.5 Å². The minimum absolute atomic E-state index is 0.110. The number of nitrogens with two attached hydrogens (primary N) is 2. The molecule has 0 atom stereocenters. The lowest BCUT2D eigenvalue weighted by Gasteiger charge is -2.03. The van der Waals surface area contributed by atoms with Crippen molar-refractivity contribution in [2.75, 3.05) is 6.54 Å². The minimum Gasteiger partial charge on any atom is -0.427 e. The van der Waals surface area contributed by atoms with Gasteiger partial charge in [-0.15, -0.1) is 0 Å². The second-order valence-electron chi connectivity index (χ2n) is 3.90. The van der Waals surface area contributed by atoms with Gasteiger partial charge in [0.15, 0.2) is 5.96 Å². The van der Waals surface area contributed by atoms with E-state index in [1.165, 1.54) is 0 Å². The molecule has 0 aromatic heterocycles. The number of ether oxygens (including phenoxy) is 1. The van der Waals surface area contributed by atoms with E-state index in [0.717, 1.165) is 19.3 Å². The zero-order valence-electron chi connectivity index (χ0n) is 10.3. The molecule has 1 aromatic carbocycles. The van der Waals surface area contributed by atoms with Gasteiger partial charge in [-0.3, -0.25) is 9.79 Å². The first kappa shape index (κ1) is 14.0. The van der Waals surface area contributed by atoms with Gasteiger partial charge in [0.2, 0.25) is 0 Å². The van der Waals surface area contributed by atoms with Gasteiger partial charge in [0.25, 0.3) is 0 Å². The quantitative estimate of drug-likeness (QED) is 0.251. The Kier molecular flexibility index (Phi) is 6.32. The van der Waals surface area contributed by atoms with Crippen molar-refractivity contribution >= 4 is 11.9 Å². The maximum atomic E-state index is 11.5.